The van der Waals surface area contributed by atoms with Gasteiger partial charge in [0.25, 0.3) is 5.91 Å². The van der Waals surface area contributed by atoms with Gasteiger partial charge in [-0.3, -0.25) is 4.79 Å². The molecule has 0 spiro atoms. The number of aromatic hydroxyl groups is 2. The minimum Gasteiger partial charge on any atom is -0.508 e. The van der Waals surface area contributed by atoms with Gasteiger partial charge in [0.15, 0.2) is 0 Å². The van der Waals surface area contributed by atoms with Gasteiger partial charge in [0.2, 0.25) is 0 Å². The number of aliphatic hydroxyl groups is 2. The summed E-state index contributed by atoms with van der Waals surface area (Å²) < 4.78 is 0. The van der Waals surface area contributed by atoms with Crippen LogP contribution >= 0.6 is 0 Å². The van der Waals surface area contributed by atoms with Gasteiger partial charge in [-0.1, -0.05) is 24.3 Å². The second kappa shape index (κ2) is 11.3. The Morgan fingerprint density at radius 2 is 1.72 bits per heavy atom. The molecule has 4 rings (SSSR count). The number of hydrogen-bond donors (Lipinski definition) is 7. The van der Waals surface area contributed by atoms with E-state index in [-0.39, 0.29) is 30.1 Å². The fourth-order valence-electron chi connectivity index (χ4n) is 4.12. The molecule has 0 fully saturated rings. The lowest BCUT2D eigenvalue weighted by atomic mass is 10.0. The van der Waals surface area contributed by atoms with Crippen molar-refractivity contribution in [1.29, 1.82) is 0 Å². The van der Waals surface area contributed by atoms with Crippen LogP contribution in [0.4, 0.5) is 0 Å². The van der Waals surface area contributed by atoms with E-state index in [0.717, 1.165) is 28.5 Å². The van der Waals surface area contributed by atoms with Crippen LogP contribution in [0.3, 0.4) is 0 Å². The number of aromatic nitrogens is 1. The maximum Gasteiger partial charge on any atom is 0.267 e. The third-order valence-electron chi connectivity index (χ3n) is 6.18. The topological polar surface area (TPSA) is 138 Å². The molecule has 7 N–H and O–H groups in total. The second-order valence-corrected chi connectivity index (χ2v) is 9.03. The third kappa shape index (κ3) is 6.23. The number of hydrogen-bond acceptors (Lipinski definition) is 6. The highest BCUT2D eigenvalue weighted by Crippen LogP contribution is 2.23. The first kappa shape index (κ1) is 25.2. The summed E-state index contributed by atoms with van der Waals surface area (Å²) in [4.78, 5) is 15.7. The summed E-state index contributed by atoms with van der Waals surface area (Å²) in [6, 6.07) is 19.3. The van der Waals surface area contributed by atoms with Gasteiger partial charge in [0, 0.05) is 35.6 Å². The van der Waals surface area contributed by atoms with Gasteiger partial charge < -0.3 is 36.0 Å². The number of nitrogens with one attached hydrogen (secondary N) is 3. The number of H-pyrrole nitrogens is 1. The van der Waals surface area contributed by atoms with E-state index >= 15 is 0 Å². The summed E-state index contributed by atoms with van der Waals surface area (Å²) >= 11 is 0. The standard InChI is InChI=1S/C28H31N3O5/c1-17(29-15-27(35)20-5-9-26(34)22(12-20)16-32)10-19-4-8-24-21(11-19)13-25(31-24)28(36)30-14-18-2-6-23(33)7-3-18/h2-9,11-13,17,27,29,31-35H,10,14-16H2,1H3,(H,30,36). The van der Waals surface area contributed by atoms with Gasteiger partial charge in [-0.2, -0.15) is 0 Å². The summed E-state index contributed by atoms with van der Waals surface area (Å²) in [5, 5.41) is 46.0. The zero-order chi connectivity index (χ0) is 25.7. The average molecular weight is 490 g/mol. The zero-order valence-electron chi connectivity index (χ0n) is 20.0. The van der Waals surface area contributed by atoms with Crippen molar-refractivity contribution in [3.8, 4) is 11.5 Å². The molecule has 0 aliphatic heterocycles. The maximum absolute atomic E-state index is 12.6. The van der Waals surface area contributed by atoms with Gasteiger partial charge in [-0.25, -0.2) is 0 Å². The number of carbonyl (C=O) groups is 1. The van der Waals surface area contributed by atoms with Crippen LogP contribution in [-0.2, 0) is 19.6 Å². The van der Waals surface area contributed by atoms with Crippen LogP contribution in [0.2, 0.25) is 0 Å². The van der Waals surface area contributed by atoms with Gasteiger partial charge in [0.05, 0.1) is 12.7 Å². The molecule has 0 aliphatic rings. The van der Waals surface area contributed by atoms with Crippen molar-refractivity contribution in [1.82, 2.24) is 15.6 Å². The van der Waals surface area contributed by atoms with Crippen molar-refractivity contribution in [3.05, 3.63) is 94.7 Å². The smallest absolute Gasteiger partial charge is 0.267 e. The van der Waals surface area contributed by atoms with Crippen LogP contribution in [0.1, 0.15) is 45.8 Å². The predicted molar refractivity (Wildman–Crippen MR) is 138 cm³/mol. The van der Waals surface area contributed by atoms with Crippen LogP contribution in [0.15, 0.2) is 66.7 Å². The van der Waals surface area contributed by atoms with E-state index < -0.39 is 6.10 Å². The summed E-state index contributed by atoms with van der Waals surface area (Å²) in [6.45, 7) is 2.43. The molecule has 8 nitrogen and oxygen atoms in total. The Morgan fingerprint density at radius 1 is 0.972 bits per heavy atom. The van der Waals surface area contributed by atoms with Crippen LogP contribution in [-0.4, -0.2) is 43.9 Å². The molecule has 36 heavy (non-hydrogen) atoms. The molecule has 2 unspecified atom stereocenters. The summed E-state index contributed by atoms with van der Waals surface area (Å²) in [7, 11) is 0. The molecule has 0 aliphatic carbocycles. The van der Waals surface area contributed by atoms with Crippen molar-refractivity contribution in [2.45, 2.75) is 38.6 Å². The predicted octanol–water partition coefficient (Wildman–Crippen LogP) is 3.26. The fourth-order valence-corrected chi connectivity index (χ4v) is 4.12. The third-order valence-corrected chi connectivity index (χ3v) is 6.18. The van der Waals surface area contributed by atoms with Crippen molar-refractivity contribution >= 4 is 16.8 Å². The number of benzene rings is 3. The Kier molecular flexibility index (Phi) is 7.90. The van der Waals surface area contributed by atoms with Crippen molar-refractivity contribution in [2.75, 3.05) is 6.54 Å². The number of amides is 1. The lowest BCUT2D eigenvalue weighted by Gasteiger charge is -2.18. The molecule has 2 atom stereocenters. The number of rotatable bonds is 10. The molecule has 0 radical (unpaired) electrons. The second-order valence-electron chi connectivity index (χ2n) is 9.03. The minimum absolute atomic E-state index is 0.00732. The maximum atomic E-state index is 12.6. The molecule has 0 bridgehead atoms. The molecule has 1 aromatic heterocycles. The van der Waals surface area contributed by atoms with E-state index in [1.54, 1.807) is 36.4 Å². The molecular formula is C28H31N3O5. The van der Waals surface area contributed by atoms with Crippen molar-refractivity contribution in [2.24, 2.45) is 0 Å². The Bertz CT molecular complexity index is 1330. The Labute approximate surface area is 209 Å². The van der Waals surface area contributed by atoms with Gasteiger partial charge >= 0.3 is 0 Å². The molecule has 3 aromatic carbocycles. The molecule has 0 saturated carbocycles. The average Bonchev–Trinajstić information content (AvgIpc) is 3.30. The van der Waals surface area contributed by atoms with E-state index in [9.17, 15) is 25.2 Å². The first-order valence-electron chi connectivity index (χ1n) is 11.8. The highest BCUT2D eigenvalue weighted by atomic mass is 16.3. The zero-order valence-corrected chi connectivity index (χ0v) is 20.0. The Morgan fingerprint density at radius 3 is 2.47 bits per heavy atom. The number of aromatic amines is 1. The van der Waals surface area contributed by atoms with Gasteiger partial charge in [-0.15, -0.1) is 0 Å². The number of phenols is 2. The first-order chi connectivity index (χ1) is 17.3. The largest absolute Gasteiger partial charge is 0.508 e. The van der Waals surface area contributed by atoms with Crippen LogP contribution in [0.5, 0.6) is 11.5 Å². The van der Waals surface area contributed by atoms with Crippen LogP contribution in [0, 0.1) is 0 Å². The molecule has 8 heteroatoms. The summed E-state index contributed by atoms with van der Waals surface area (Å²) in [6.07, 6.45) is -0.0404. The molecule has 4 aromatic rings. The van der Waals surface area contributed by atoms with Crippen LogP contribution in [0.25, 0.3) is 10.9 Å². The van der Waals surface area contributed by atoms with E-state index in [0.29, 0.717) is 29.9 Å². The number of phenolic OH excluding ortho intramolecular Hbond substituents is 1. The number of aliphatic hydroxyl groups excluding tert-OH is 2. The molecule has 188 valence electrons. The number of carbonyl (C=O) groups excluding carboxylic acids is 1. The molecular weight excluding hydrogens is 458 g/mol. The monoisotopic (exact) mass is 489 g/mol. The number of fused-ring (bicyclic) bond motifs is 1. The van der Waals surface area contributed by atoms with E-state index in [4.69, 9.17) is 0 Å². The van der Waals surface area contributed by atoms with E-state index in [1.165, 1.54) is 6.07 Å². The minimum atomic E-state index is -0.770. The molecule has 1 heterocycles. The lowest BCUT2D eigenvalue weighted by Crippen LogP contribution is -2.32. The Balaban J connectivity index is 1.32. The molecule has 1 amide bonds. The van der Waals surface area contributed by atoms with Gasteiger partial charge in [-0.05, 0) is 72.5 Å². The highest BCUT2D eigenvalue weighted by Gasteiger charge is 2.14. The molecule has 0 saturated heterocycles. The summed E-state index contributed by atoms with van der Waals surface area (Å²) in [5.74, 6) is -0.0116. The van der Waals surface area contributed by atoms with Crippen molar-refractivity contribution < 1.29 is 25.2 Å². The lowest BCUT2D eigenvalue weighted by molar-refractivity contribution is 0.0946. The van der Waals surface area contributed by atoms with E-state index in [2.05, 4.69) is 15.6 Å². The first-order valence-corrected chi connectivity index (χ1v) is 11.8. The highest BCUT2D eigenvalue weighted by molar-refractivity contribution is 5.98. The summed E-state index contributed by atoms with van der Waals surface area (Å²) in [5.41, 5.74) is 4.35. The normalized spacial score (nSPS) is 13.0. The van der Waals surface area contributed by atoms with Crippen LogP contribution < -0.4 is 10.6 Å². The van der Waals surface area contributed by atoms with Gasteiger partial charge in [0.1, 0.15) is 17.2 Å². The fraction of sp³-hybridized carbons (Fsp3) is 0.250. The van der Waals surface area contributed by atoms with E-state index in [1.807, 2.05) is 31.2 Å². The van der Waals surface area contributed by atoms with Crippen molar-refractivity contribution in [3.63, 3.8) is 0 Å². The Hall–Kier alpha value is -3.85. The quantitative estimate of drug-likeness (QED) is 0.183. The SMILES string of the molecule is CC(Cc1ccc2[nH]c(C(=O)NCc3ccc(O)cc3)cc2c1)NCC(O)c1ccc(O)c(CO)c1.